The predicted octanol–water partition coefficient (Wildman–Crippen LogP) is 1.43. The summed E-state index contributed by atoms with van der Waals surface area (Å²) in [6.45, 7) is 0.629. The van der Waals surface area contributed by atoms with E-state index in [4.69, 9.17) is 6.42 Å². The molecular weight excluding hydrogens is 273 g/mol. The van der Waals surface area contributed by atoms with Gasteiger partial charge in [0.05, 0.1) is 0 Å². The van der Waals surface area contributed by atoms with Crippen LogP contribution in [0, 0.1) is 12.3 Å². The number of benzene rings is 2. The quantitative estimate of drug-likeness (QED) is 0.565. The fourth-order valence-electron chi connectivity index (χ4n) is 2.04. The van der Waals surface area contributed by atoms with Gasteiger partial charge in [-0.1, -0.05) is 0 Å². The van der Waals surface area contributed by atoms with E-state index in [9.17, 15) is 0 Å². The van der Waals surface area contributed by atoms with E-state index >= 15 is 0 Å². The molecule has 0 N–H and O–H groups in total. The average molecular weight is 284 g/mol. The summed E-state index contributed by atoms with van der Waals surface area (Å²) in [5.74, 6) is 2.75. The normalized spacial score (nSPS) is 12.5. The third-order valence-electron chi connectivity index (χ3n) is 2.78. The third-order valence-corrected chi connectivity index (χ3v) is 5.15. The fraction of sp³-hybridized carbons (Fsp3) is 0.0667. The van der Waals surface area contributed by atoms with Crippen LogP contribution in [0.2, 0.25) is 0 Å². The summed E-state index contributed by atoms with van der Waals surface area (Å²) in [5, 5.41) is 0. The van der Waals surface area contributed by atoms with Crippen molar-refractivity contribution in [2.75, 3.05) is 11.4 Å². The van der Waals surface area contributed by atoms with Crippen molar-refractivity contribution in [3.63, 3.8) is 0 Å². The Labute approximate surface area is 108 Å². The number of fused-ring (bicyclic) bond motifs is 2. The van der Waals surface area contributed by atoms with Gasteiger partial charge >= 0.3 is 108 Å². The molecule has 3 rings (SSSR count). The zero-order valence-electron chi connectivity index (χ0n) is 9.26. The number of hydrogen-bond acceptors (Lipinski definition) is 1. The molecular formula is C15H11NSe. The molecule has 1 heterocycles. The van der Waals surface area contributed by atoms with E-state index in [1.54, 1.807) is 0 Å². The first-order chi connectivity index (χ1) is 8.40. The minimum atomic E-state index is 0.387. The molecule has 2 aromatic rings. The predicted molar refractivity (Wildman–Crippen MR) is 73.7 cm³/mol. The second-order valence-electron chi connectivity index (χ2n) is 3.83. The molecule has 1 nitrogen and oxygen atoms in total. The summed E-state index contributed by atoms with van der Waals surface area (Å²) < 4.78 is 2.82. The van der Waals surface area contributed by atoms with Crippen LogP contribution < -0.4 is 13.8 Å². The van der Waals surface area contributed by atoms with E-state index in [-0.39, 0.29) is 0 Å². The van der Waals surface area contributed by atoms with Crippen molar-refractivity contribution < 1.29 is 0 Å². The van der Waals surface area contributed by atoms with Crippen LogP contribution in [0.3, 0.4) is 0 Å². The van der Waals surface area contributed by atoms with E-state index in [0.29, 0.717) is 21.5 Å². The molecule has 1 aliphatic rings. The molecule has 17 heavy (non-hydrogen) atoms. The molecule has 0 aromatic heterocycles. The molecule has 82 valence electrons. The van der Waals surface area contributed by atoms with Crippen molar-refractivity contribution in [3.05, 3.63) is 48.5 Å². The first-order valence-electron chi connectivity index (χ1n) is 5.47. The Morgan fingerprint density at radius 2 is 1.47 bits per heavy atom. The van der Waals surface area contributed by atoms with Gasteiger partial charge in [0.1, 0.15) is 0 Å². The van der Waals surface area contributed by atoms with Crippen LogP contribution in [-0.2, 0) is 0 Å². The van der Waals surface area contributed by atoms with E-state index in [0.717, 1.165) is 0 Å². The van der Waals surface area contributed by atoms with Gasteiger partial charge in [-0.15, -0.1) is 0 Å². The molecule has 0 fully saturated rings. The second-order valence-corrected chi connectivity index (χ2v) is 6.10. The summed E-state index contributed by atoms with van der Waals surface area (Å²) in [6, 6.07) is 17.1. The summed E-state index contributed by atoms with van der Waals surface area (Å²) in [6.07, 6.45) is 5.49. The molecule has 0 radical (unpaired) electrons. The van der Waals surface area contributed by atoms with Crippen LogP contribution in [0.15, 0.2) is 48.5 Å². The maximum absolute atomic E-state index is 5.49. The molecule has 0 atom stereocenters. The maximum atomic E-state index is 5.49. The zero-order chi connectivity index (χ0) is 11.7. The molecule has 0 spiro atoms. The van der Waals surface area contributed by atoms with Crippen LogP contribution in [0.1, 0.15) is 0 Å². The molecule has 2 heteroatoms. The second kappa shape index (κ2) is 4.30. The van der Waals surface area contributed by atoms with Gasteiger partial charge in [-0.2, -0.15) is 0 Å². The van der Waals surface area contributed by atoms with Crippen molar-refractivity contribution in [2.45, 2.75) is 0 Å². The van der Waals surface area contributed by atoms with Crippen LogP contribution in [-0.4, -0.2) is 21.5 Å². The van der Waals surface area contributed by atoms with Gasteiger partial charge in [-0.3, -0.25) is 0 Å². The van der Waals surface area contributed by atoms with Gasteiger partial charge in [0, 0.05) is 0 Å². The van der Waals surface area contributed by atoms with Gasteiger partial charge in [0.15, 0.2) is 0 Å². The Morgan fingerprint density at radius 1 is 0.941 bits per heavy atom. The van der Waals surface area contributed by atoms with E-state index < -0.39 is 0 Å². The van der Waals surface area contributed by atoms with Crippen LogP contribution in [0.25, 0.3) is 0 Å². The Balaban J connectivity index is 2.18. The summed E-state index contributed by atoms with van der Waals surface area (Å²) in [4.78, 5) is 2.23. The molecule has 1 aliphatic heterocycles. The molecule has 0 saturated carbocycles. The summed E-state index contributed by atoms with van der Waals surface area (Å²) >= 11 is 0.387. The average Bonchev–Trinajstić information content (AvgIpc) is 2.39. The van der Waals surface area contributed by atoms with Gasteiger partial charge < -0.3 is 0 Å². The van der Waals surface area contributed by atoms with Crippen molar-refractivity contribution in [2.24, 2.45) is 0 Å². The van der Waals surface area contributed by atoms with Gasteiger partial charge in [0.25, 0.3) is 0 Å². The van der Waals surface area contributed by atoms with Crippen LogP contribution in [0.5, 0.6) is 0 Å². The Morgan fingerprint density at radius 3 is 2.00 bits per heavy atom. The van der Waals surface area contributed by atoms with E-state index in [2.05, 4.69) is 59.4 Å². The van der Waals surface area contributed by atoms with Gasteiger partial charge in [-0.05, 0) is 0 Å². The Kier molecular flexibility index (Phi) is 2.65. The van der Waals surface area contributed by atoms with Crippen molar-refractivity contribution >= 4 is 35.3 Å². The Hall–Kier alpha value is -1.68. The van der Waals surface area contributed by atoms with Crippen molar-refractivity contribution in [3.8, 4) is 12.3 Å². The number of nitrogens with zero attached hydrogens (tertiary/aromatic N) is 1. The molecule has 0 saturated heterocycles. The molecule has 0 bridgehead atoms. The van der Waals surface area contributed by atoms with Crippen molar-refractivity contribution in [1.82, 2.24) is 0 Å². The van der Waals surface area contributed by atoms with Crippen LogP contribution in [0.4, 0.5) is 11.4 Å². The van der Waals surface area contributed by atoms with E-state index in [1.807, 2.05) is 0 Å². The third kappa shape index (κ3) is 1.74. The fourth-order valence-corrected chi connectivity index (χ4v) is 4.34. The van der Waals surface area contributed by atoms with Gasteiger partial charge in [0.2, 0.25) is 0 Å². The standard InChI is InChI=1S/C15H11NSe/c1-2-11-16-12-7-3-5-9-14(12)17-15-10-6-4-8-13(15)16/h1,3-10H,11H2. The summed E-state index contributed by atoms with van der Waals surface area (Å²) in [7, 11) is 0. The molecule has 0 aliphatic carbocycles. The first-order valence-corrected chi connectivity index (χ1v) is 7.18. The van der Waals surface area contributed by atoms with Crippen LogP contribution >= 0.6 is 0 Å². The number of anilines is 2. The first kappa shape index (κ1) is 10.5. The SMILES string of the molecule is C#CCN1c2ccccc2[Se]c2ccccc21. The number of terminal acetylenes is 1. The van der Waals surface area contributed by atoms with Gasteiger partial charge in [-0.25, -0.2) is 0 Å². The molecule has 0 unspecified atom stereocenters. The topological polar surface area (TPSA) is 3.24 Å². The number of rotatable bonds is 1. The number of hydrogen-bond donors (Lipinski definition) is 0. The van der Waals surface area contributed by atoms with E-state index in [1.165, 1.54) is 20.3 Å². The Bertz CT molecular complexity index is 552. The number of para-hydroxylation sites is 2. The summed E-state index contributed by atoms with van der Waals surface area (Å²) in [5.41, 5.74) is 2.54. The minimum absolute atomic E-state index is 0.387. The zero-order valence-corrected chi connectivity index (χ0v) is 11.0. The monoisotopic (exact) mass is 285 g/mol. The molecule has 0 amide bonds. The van der Waals surface area contributed by atoms with Crippen molar-refractivity contribution in [1.29, 1.82) is 0 Å². The molecule has 2 aromatic carbocycles.